The molecule has 2 aromatic heterocycles. The fraction of sp³-hybridized carbons (Fsp3) is 0.556. The Labute approximate surface area is 220 Å². The number of nitrogens with two attached hydrogens (primary N) is 1. The van der Waals surface area contributed by atoms with Gasteiger partial charge < -0.3 is 20.5 Å². The van der Waals surface area contributed by atoms with Gasteiger partial charge in [0.15, 0.2) is 11.0 Å². The third-order valence-electron chi connectivity index (χ3n) is 8.19. The molecule has 1 aromatic carbocycles. The van der Waals surface area contributed by atoms with Gasteiger partial charge in [0.05, 0.1) is 22.4 Å². The van der Waals surface area contributed by atoms with Crippen molar-refractivity contribution in [3.05, 3.63) is 36.4 Å². The van der Waals surface area contributed by atoms with Gasteiger partial charge in [0, 0.05) is 55.6 Å². The van der Waals surface area contributed by atoms with Crippen molar-refractivity contribution < 1.29 is 14.6 Å². The third kappa shape index (κ3) is 5.07. The van der Waals surface area contributed by atoms with Crippen LogP contribution in [0, 0.1) is 5.92 Å². The van der Waals surface area contributed by atoms with E-state index in [1.54, 1.807) is 11.3 Å². The number of hydrogen-bond acceptors (Lipinski definition) is 9. The summed E-state index contributed by atoms with van der Waals surface area (Å²) in [6.45, 7) is 5.42. The minimum Gasteiger partial charge on any atom is -0.390 e. The summed E-state index contributed by atoms with van der Waals surface area (Å²) in [6, 6.07) is 7.19. The number of ether oxygens (including phenoxy) is 1. The number of carbonyl (C=O) groups excluding carboxylic acids is 1. The number of rotatable bonds is 7. The molecule has 10 heteroatoms. The summed E-state index contributed by atoms with van der Waals surface area (Å²) in [4.78, 5) is 30.2. The Kier molecular flexibility index (Phi) is 6.83. The smallest absolute Gasteiger partial charge is 0.220 e. The largest absolute Gasteiger partial charge is 0.390 e. The lowest BCUT2D eigenvalue weighted by atomic mass is 9.78. The predicted octanol–water partition coefficient (Wildman–Crippen LogP) is 2.96. The van der Waals surface area contributed by atoms with Crippen molar-refractivity contribution in [3.63, 3.8) is 0 Å². The predicted molar refractivity (Wildman–Crippen MR) is 143 cm³/mol. The second-order valence-electron chi connectivity index (χ2n) is 10.7. The molecule has 6 rings (SSSR count). The fourth-order valence-electron chi connectivity index (χ4n) is 5.87. The van der Waals surface area contributed by atoms with Gasteiger partial charge in [-0.15, -0.1) is 0 Å². The van der Waals surface area contributed by atoms with E-state index in [9.17, 15) is 9.90 Å². The maximum Gasteiger partial charge on any atom is 0.220 e. The number of hydrogen-bond donors (Lipinski definition) is 2. The van der Waals surface area contributed by atoms with Crippen molar-refractivity contribution in [3.8, 4) is 11.1 Å². The zero-order valence-electron chi connectivity index (χ0n) is 21.1. The highest BCUT2D eigenvalue weighted by molar-refractivity contribution is 7.22. The number of aromatic nitrogens is 3. The topological polar surface area (TPSA) is 118 Å². The quantitative estimate of drug-likeness (QED) is 0.486. The number of carbonyl (C=O) groups is 1. The van der Waals surface area contributed by atoms with Crippen molar-refractivity contribution in [2.45, 2.75) is 69.9 Å². The van der Waals surface area contributed by atoms with E-state index in [1.807, 2.05) is 12.4 Å². The lowest BCUT2D eigenvalue weighted by Gasteiger charge is -2.49. The first-order valence-corrected chi connectivity index (χ1v) is 14.1. The number of aliphatic hydroxyl groups is 1. The molecule has 2 aliphatic carbocycles. The number of thiazole rings is 1. The van der Waals surface area contributed by atoms with Crippen LogP contribution in [0.3, 0.4) is 0 Å². The summed E-state index contributed by atoms with van der Waals surface area (Å²) in [5.41, 5.74) is 8.48. The Morgan fingerprint density at radius 1 is 1.19 bits per heavy atom. The number of primary amides is 1. The average molecular weight is 523 g/mol. The Morgan fingerprint density at radius 2 is 2.00 bits per heavy atom. The second kappa shape index (κ2) is 10.2. The van der Waals surface area contributed by atoms with Crippen LogP contribution in [-0.4, -0.2) is 74.8 Å². The summed E-state index contributed by atoms with van der Waals surface area (Å²) in [6.07, 6.45) is 7.68. The van der Waals surface area contributed by atoms with Gasteiger partial charge in [0.25, 0.3) is 0 Å². The zero-order valence-corrected chi connectivity index (χ0v) is 21.9. The fourth-order valence-corrected chi connectivity index (χ4v) is 6.91. The van der Waals surface area contributed by atoms with Crippen molar-refractivity contribution in [2.75, 3.05) is 24.5 Å². The molecule has 3 fully saturated rings. The molecule has 0 bridgehead atoms. The van der Waals surface area contributed by atoms with Gasteiger partial charge in [-0.25, -0.2) is 15.0 Å². The molecule has 1 saturated heterocycles. The van der Waals surface area contributed by atoms with Gasteiger partial charge in [-0.05, 0) is 56.7 Å². The van der Waals surface area contributed by atoms with Gasteiger partial charge in [-0.1, -0.05) is 17.4 Å². The lowest BCUT2D eigenvalue weighted by molar-refractivity contribution is -0.127. The molecule has 2 saturated carbocycles. The number of amides is 1. The molecule has 0 spiro atoms. The van der Waals surface area contributed by atoms with E-state index in [2.05, 4.69) is 44.9 Å². The normalized spacial score (nSPS) is 28.5. The van der Waals surface area contributed by atoms with Crippen LogP contribution in [0.25, 0.3) is 21.3 Å². The first-order chi connectivity index (χ1) is 17.9. The van der Waals surface area contributed by atoms with E-state index >= 15 is 0 Å². The molecule has 3 aliphatic rings. The lowest BCUT2D eigenvalue weighted by Crippen LogP contribution is -2.59. The van der Waals surface area contributed by atoms with Crippen molar-refractivity contribution >= 4 is 32.6 Å². The molecular weight excluding hydrogens is 488 g/mol. The van der Waals surface area contributed by atoms with Crippen molar-refractivity contribution in [1.82, 2.24) is 19.9 Å². The van der Waals surface area contributed by atoms with E-state index in [0.717, 1.165) is 78.2 Å². The number of piperazine rings is 1. The molecular formula is C27H34N6O3S. The van der Waals surface area contributed by atoms with Crippen LogP contribution in [0.2, 0.25) is 0 Å². The highest BCUT2D eigenvalue weighted by Crippen LogP contribution is 2.36. The highest BCUT2D eigenvalue weighted by atomic mass is 32.1. The molecule has 196 valence electrons. The van der Waals surface area contributed by atoms with Crippen molar-refractivity contribution in [2.24, 2.45) is 11.7 Å². The number of fused-ring (bicyclic) bond motifs is 1. The third-order valence-corrected chi connectivity index (χ3v) is 9.27. The maximum absolute atomic E-state index is 11.4. The highest BCUT2D eigenvalue weighted by Gasteiger charge is 2.40. The summed E-state index contributed by atoms with van der Waals surface area (Å²) >= 11 is 1.72. The van der Waals surface area contributed by atoms with E-state index in [-0.39, 0.29) is 24.0 Å². The molecule has 1 amide bonds. The maximum atomic E-state index is 11.4. The van der Waals surface area contributed by atoms with Crippen LogP contribution in [0.15, 0.2) is 30.6 Å². The SMILES string of the molecule is C[C@H]1CN(c2nc3ccc(-c4cnc(CO[C@H]5CCC[C@@H]5O)nc4)cc3s2)CCN1C1CC(C(N)=O)C1. The Hall–Kier alpha value is -2.66. The Bertz CT molecular complexity index is 1260. The van der Waals surface area contributed by atoms with E-state index in [1.165, 1.54) is 0 Å². The molecule has 9 nitrogen and oxygen atoms in total. The van der Waals surface area contributed by atoms with Gasteiger partial charge >= 0.3 is 0 Å². The van der Waals surface area contributed by atoms with Crippen LogP contribution in [-0.2, 0) is 16.1 Å². The summed E-state index contributed by atoms with van der Waals surface area (Å²) in [5, 5.41) is 11.0. The van der Waals surface area contributed by atoms with Crippen LogP contribution in [0.5, 0.6) is 0 Å². The molecule has 3 N–H and O–H groups in total. The van der Waals surface area contributed by atoms with E-state index in [4.69, 9.17) is 15.5 Å². The molecule has 0 radical (unpaired) electrons. The minimum atomic E-state index is -0.374. The van der Waals surface area contributed by atoms with Gasteiger partial charge in [0.2, 0.25) is 5.91 Å². The van der Waals surface area contributed by atoms with Crippen LogP contribution in [0.4, 0.5) is 5.13 Å². The molecule has 3 atom stereocenters. The molecule has 3 heterocycles. The minimum absolute atomic E-state index is 0.0505. The van der Waals surface area contributed by atoms with Crippen LogP contribution >= 0.6 is 11.3 Å². The van der Waals surface area contributed by atoms with Crippen LogP contribution in [0.1, 0.15) is 44.9 Å². The number of nitrogens with zero attached hydrogens (tertiary/aromatic N) is 5. The van der Waals surface area contributed by atoms with Crippen LogP contribution < -0.4 is 10.6 Å². The zero-order chi connectivity index (χ0) is 25.5. The molecule has 37 heavy (non-hydrogen) atoms. The summed E-state index contributed by atoms with van der Waals surface area (Å²) in [5.74, 6) is 0.520. The monoisotopic (exact) mass is 522 g/mol. The Morgan fingerprint density at radius 3 is 2.70 bits per heavy atom. The van der Waals surface area contributed by atoms with Gasteiger partial charge in [-0.2, -0.15) is 0 Å². The van der Waals surface area contributed by atoms with Gasteiger partial charge in [-0.3, -0.25) is 9.69 Å². The second-order valence-corrected chi connectivity index (χ2v) is 11.7. The molecule has 1 aliphatic heterocycles. The first-order valence-electron chi connectivity index (χ1n) is 13.3. The summed E-state index contributed by atoms with van der Waals surface area (Å²) < 4.78 is 6.95. The van der Waals surface area contributed by atoms with E-state index < -0.39 is 0 Å². The number of aliphatic hydroxyl groups excluding tert-OH is 1. The van der Waals surface area contributed by atoms with Gasteiger partial charge in [0.1, 0.15) is 6.61 Å². The molecule has 3 aromatic rings. The Balaban J connectivity index is 1.09. The first kappa shape index (κ1) is 24.7. The van der Waals surface area contributed by atoms with E-state index in [0.29, 0.717) is 24.5 Å². The number of benzene rings is 1. The average Bonchev–Trinajstić information content (AvgIpc) is 3.48. The summed E-state index contributed by atoms with van der Waals surface area (Å²) in [7, 11) is 0. The standard InChI is InChI=1S/C27H34N6O3S/c1-16-14-32(7-8-33(16)20-9-18(10-20)26(28)35)27-31-21-6-5-17(11-24(21)37-27)19-12-29-25(30-13-19)15-36-23-4-2-3-22(23)34/h5-6,11-13,16,18,20,22-23,34H,2-4,7-10,14-15H2,1H3,(H2,28,35)/t16-,18?,20?,22-,23-/m0/s1. The molecule has 0 unspecified atom stereocenters. The number of anilines is 1. The van der Waals surface area contributed by atoms with Crippen molar-refractivity contribution in [1.29, 1.82) is 0 Å².